The first kappa shape index (κ1) is 31.2. The molecule has 3 N–H and O–H groups in total. The molecular formula is C33H36F2N7O3S+. The van der Waals surface area contributed by atoms with Gasteiger partial charge in [-0.25, -0.2) is 4.31 Å². The highest BCUT2D eigenvalue weighted by Gasteiger charge is 2.51. The van der Waals surface area contributed by atoms with E-state index in [4.69, 9.17) is 9.84 Å². The maximum atomic E-state index is 17.0. The number of para-hydroxylation sites is 1. The summed E-state index contributed by atoms with van der Waals surface area (Å²) in [5, 5.41) is 19.1. The highest BCUT2D eigenvalue weighted by atomic mass is 32.3. The molecule has 0 spiro atoms. The summed E-state index contributed by atoms with van der Waals surface area (Å²) in [6, 6.07) is 17.7. The topological polar surface area (TPSA) is 112 Å². The fourth-order valence-corrected chi connectivity index (χ4v) is 7.37. The van der Waals surface area contributed by atoms with E-state index in [1.807, 2.05) is 31.2 Å². The number of halogens is 2. The number of aromatic nitrogens is 4. The predicted octanol–water partition coefficient (Wildman–Crippen LogP) is 6.22. The molecule has 0 radical (unpaired) electrons. The molecule has 1 atom stereocenters. The molecule has 46 heavy (non-hydrogen) atoms. The van der Waals surface area contributed by atoms with Gasteiger partial charge in [0, 0.05) is 28.8 Å². The van der Waals surface area contributed by atoms with E-state index in [2.05, 4.69) is 34.5 Å². The van der Waals surface area contributed by atoms with Crippen LogP contribution in [0.4, 0.5) is 13.5 Å². The number of aliphatic imine (C=N–C) groups is 1. The number of aliphatic hydroxyl groups excluding tert-OH is 1. The van der Waals surface area contributed by atoms with Crippen LogP contribution in [0.1, 0.15) is 62.0 Å². The van der Waals surface area contributed by atoms with Crippen molar-refractivity contribution in [1.82, 2.24) is 18.6 Å². The molecule has 10 nitrogen and oxygen atoms in total. The quantitative estimate of drug-likeness (QED) is 0.167. The molecule has 240 valence electrons. The zero-order valence-electron chi connectivity index (χ0n) is 25.8. The van der Waals surface area contributed by atoms with Crippen molar-refractivity contribution in [2.24, 2.45) is 4.99 Å². The zero-order chi connectivity index (χ0) is 32.4. The fraction of sp³-hybridized carbons (Fsp3) is 0.273. The first-order chi connectivity index (χ1) is 22.3. The van der Waals surface area contributed by atoms with Crippen LogP contribution in [0.5, 0.6) is 5.75 Å². The van der Waals surface area contributed by atoms with Crippen molar-refractivity contribution in [2.75, 3.05) is 18.5 Å². The highest BCUT2D eigenvalue weighted by Crippen LogP contribution is 2.65. The van der Waals surface area contributed by atoms with E-state index in [0.29, 0.717) is 40.6 Å². The summed E-state index contributed by atoms with van der Waals surface area (Å²) in [6.07, 6.45) is 6.98. The van der Waals surface area contributed by atoms with Crippen molar-refractivity contribution in [2.45, 2.75) is 46.1 Å². The number of fused-ring (bicyclic) bond motifs is 2. The fourth-order valence-electron chi connectivity index (χ4n) is 5.71. The molecule has 2 aliphatic rings. The molecular weight excluding hydrogens is 612 g/mol. The number of ether oxygens (including phenoxy) is 1. The first-order valence-electron chi connectivity index (χ1n) is 15.2. The maximum Gasteiger partial charge on any atom is 0.291 e. The van der Waals surface area contributed by atoms with Gasteiger partial charge >= 0.3 is 0 Å². The first-order valence-corrected chi connectivity index (χ1v) is 16.5. The smallest absolute Gasteiger partial charge is 0.291 e. The van der Waals surface area contributed by atoms with Crippen LogP contribution >= 0.6 is 11.2 Å². The largest absolute Gasteiger partial charge is 0.494 e. The second-order valence-electron chi connectivity index (χ2n) is 11.0. The van der Waals surface area contributed by atoms with Gasteiger partial charge in [0.25, 0.3) is 17.0 Å². The lowest BCUT2D eigenvalue weighted by molar-refractivity contribution is -0.663. The van der Waals surface area contributed by atoms with Crippen LogP contribution in [-0.4, -0.2) is 48.7 Å². The number of hydrogen-bond acceptors (Lipinski definition) is 5. The molecule has 4 heterocycles. The monoisotopic (exact) mass is 648 g/mol. The number of nitrogens with zero attached hydrogens (tertiary/aromatic N) is 5. The Morgan fingerprint density at radius 3 is 2.65 bits per heavy atom. The van der Waals surface area contributed by atoms with Gasteiger partial charge in [-0.2, -0.15) is 0 Å². The highest BCUT2D eigenvalue weighted by molar-refractivity contribution is 8.22. The van der Waals surface area contributed by atoms with Crippen LogP contribution in [0.3, 0.4) is 0 Å². The zero-order valence-corrected chi connectivity index (χ0v) is 26.6. The van der Waals surface area contributed by atoms with Gasteiger partial charge in [-0.05, 0) is 60.4 Å². The minimum Gasteiger partial charge on any atom is -0.494 e. The van der Waals surface area contributed by atoms with E-state index in [9.17, 15) is 4.79 Å². The summed E-state index contributed by atoms with van der Waals surface area (Å²) in [6.45, 7) is 6.05. The standard InChI is InChI=1S/C33H35F2N7O3S/c1-4-8-22(3)26-20-40(39-38-26)32-18-16-28-33(23-11-13-25(14-12-23)37-31(44)21-43)27-15-17-30(41(27)46(34,35)42(28)32)36-19-24-9-6-7-10-29(24)45-5-2/h6-7,9-18,20,22,43H,4-5,8,19,21H2,1-3H3,(H,36,37,44)/p+1. The van der Waals surface area contributed by atoms with Crippen LogP contribution in [0.15, 0.2) is 89.7 Å². The number of carbonyl (C=O) groups excluding carboxylic acids is 1. The van der Waals surface area contributed by atoms with E-state index in [1.165, 1.54) is 0 Å². The Balaban J connectivity index is 1.47. The average molecular weight is 649 g/mol. The number of amides is 1. The number of carbonyl (C=O) groups is 1. The summed E-state index contributed by atoms with van der Waals surface area (Å²) in [7, 11) is 0. The second-order valence-corrected chi connectivity index (χ2v) is 12.6. The molecule has 0 aliphatic carbocycles. The number of nitrogens with one attached hydrogen (secondary N) is 2. The normalized spacial score (nSPS) is 17.2. The molecule has 4 aromatic rings. The Labute approximate surface area is 267 Å². The predicted molar refractivity (Wildman–Crippen MR) is 175 cm³/mol. The van der Waals surface area contributed by atoms with Gasteiger partial charge in [0.2, 0.25) is 5.91 Å². The van der Waals surface area contributed by atoms with Crippen molar-refractivity contribution in [3.63, 3.8) is 0 Å². The Morgan fingerprint density at radius 1 is 1.13 bits per heavy atom. The summed E-state index contributed by atoms with van der Waals surface area (Å²) < 4.78 is 43.4. The third-order valence-corrected chi connectivity index (χ3v) is 9.54. The van der Waals surface area contributed by atoms with Crippen molar-refractivity contribution in [3.8, 4) is 11.6 Å². The molecule has 0 bridgehead atoms. The molecule has 13 heteroatoms. The van der Waals surface area contributed by atoms with E-state index in [0.717, 1.165) is 32.4 Å². The lowest BCUT2D eigenvalue weighted by atomic mass is 10.00. The summed E-state index contributed by atoms with van der Waals surface area (Å²) in [4.78, 5) is 16.4. The second kappa shape index (κ2) is 12.9. The minimum atomic E-state index is -4.70. The molecule has 1 unspecified atom stereocenters. The van der Waals surface area contributed by atoms with Gasteiger partial charge in [-0.1, -0.05) is 50.6 Å². The van der Waals surface area contributed by atoms with Gasteiger partial charge < -0.3 is 15.2 Å². The number of allylic oxidation sites excluding steroid dienone is 1. The lowest BCUT2D eigenvalue weighted by Crippen LogP contribution is -2.40. The van der Waals surface area contributed by atoms with Crippen LogP contribution in [0.25, 0.3) is 11.4 Å². The van der Waals surface area contributed by atoms with Gasteiger partial charge in [0.1, 0.15) is 30.1 Å². The van der Waals surface area contributed by atoms with Crippen molar-refractivity contribution in [3.05, 3.63) is 107 Å². The van der Waals surface area contributed by atoms with Gasteiger partial charge in [0.15, 0.2) is 5.69 Å². The van der Waals surface area contributed by atoms with E-state index < -0.39 is 23.7 Å². The number of aromatic amines is 1. The number of benzene rings is 2. The number of H-pyrrole nitrogens is 1. The Hall–Kier alpha value is -4.75. The number of rotatable bonds is 11. The van der Waals surface area contributed by atoms with Crippen LogP contribution in [0.2, 0.25) is 0 Å². The molecule has 0 fully saturated rings. The summed E-state index contributed by atoms with van der Waals surface area (Å²) in [5.41, 5.74) is 3.98. The molecule has 0 saturated carbocycles. The van der Waals surface area contributed by atoms with Crippen molar-refractivity contribution in [1.29, 1.82) is 0 Å². The molecule has 6 rings (SSSR count). The lowest BCUT2D eigenvalue weighted by Gasteiger charge is -2.37. The van der Waals surface area contributed by atoms with Crippen LogP contribution in [0, 0.1) is 0 Å². The molecule has 1 amide bonds. The van der Waals surface area contributed by atoms with E-state index >= 15 is 7.77 Å². The van der Waals surface area contributed by atoms with Gasteiger partial charge in [0.05, 0.1) is 18.8 Å². The molecule has 2 aliphatic heterocycles. The van der Waals surface area contributed by atoms with Crippen LogP contribution < -0.4 is 14.7 Å². The van der Waals surface area contributed by atoms with Crippen molar-refractivity contribution < 1.29 is 27.1 Å². The minimum absolute atomic E-state index is 0.141. The third-order valence-electron chi connectivity index (χ3n) is 7.89. The Bertz CT molecular complexity index is 1850. The average Bonchev–Trinajstić information content (AvgIpc) is 3.81. The third kappa shape index (κ3) is 5.71. The number of anilines is 1. The summed E-state index contributed by atoms with van der Waals surface area (Å²) >= 11 is -4.70. The molecule has 0 saturated heterocycles. The maximum absolute atomic E-state index is 17.0. The summed E-state index contributed by atoms with van der Waals surface area (Å²) in [5.74, 6) is 0.670. The van der Waals surface area contributed by atoms with Crippen LogP contribution in [-0.2, 0) is 11.3 Å². The van der Waals surface area contributed by atoms with E-state index in [-0.39, 0.29) is 24.1 Å². The number of hydrogen-bond donors (Lipinski definition) is 3. The van der Waals surface area contributed by atoms with E-state index in [1.54, 1.807) is 59.4 Å². The number of amidine groups is 1. The SMILES string of the molecule is CCCC(C)c1c[n+](-c2ccc3n2S(F)(F)N2C(=NCc4ccccc4OCC)C=CC2=C3c2ccc(NC(=O)CO)cc2)[nH]n1. The molecule has 2 aromatic carbocycles. The van der Waals surface area contributed by atoms with Gasteiger partial charge in [-0.15, -0.1) is 21.6 Å². The Morgan fingerprint density at radius 2 is 1.91 bits per heavy atom. The van der Waals surface area contributed by atoms with Gasteiger partial charge in [-0.3, -0.25) is 9.79 Å². The Kier molecular flexibility index (Phi) is 8.78. The molecule has 2 aromatic heterocycles. The number of aliphatic hydroxyl groups is 1. The van der Waals surface area contributed by atoms with Crippen molar-refractivity contribution >= 4 is 34.2 Å².